The molecule has 2 saturated heterocycles. The van der Waals surface area contributed by atoms with Gasteiger partial charge in [-0.15, -0.1) is 0 Å². The number of carbonyl (C=O) groups is 3. The van der Waals surface area contributed by atoms with Crippen LogP contribution in [0.4, 0.5) is 4.79 Å². The number of hydrogen-bond acceptors (Lipinski definition) is 8. The molecule has 0 saturated carbocycles. The van der Waals surface area contributed by atoms with Crippen LogP contribution in [0.25, 0.3) is 44.2 Å². The Morgan fingerprint density at radius 3 is 2.53 bits per heavy atom. The van der Waals surface area contributed by atoms with Gasteiger partial charge in [-0.2, -0.15) is 0 Å². The Morgan fingerprint density at radius 1 is 0.965 bits per heavy atom. The number of imidazole rings is 2. The van der Waals surface area contributed by atoms with Gasteiger partial charge < -0.3 is 39.3 Å². The smallest absolute Gasteiger partial charge is 0.407 e. The third-order valence-electron chi connectivity index (χ3n) is 11.6. The molecule has 3 N–H and O–H groups in total. The van der Waals surface area contributed by atoms with Crippen LogP contribution >= 0.6 is 0 Å². The fourth-order valence-electron chi connectivity index (χ4n) is 8.88. The van der Waals surface area contributed by atoms with Crippen molar-refractivity contribution in [1.82, 2.24) is 35.1 Å². The van der Waals surface area contributed by atoms with Crippen molar-refractivity contribution in [1.29, 1.82) is 0 Å². The molecule has 2 fully saturated rings. The number of nitrogens with one attached hydrogen (secondary N) is 3. The minimum Gasteiger partial charge on any atom is -0.488 e. The van der Waals surface area contributed by atoms with E-state index in [1.54, 1.807) is 13.5 Å². The van der Waals surface area contributed by atoms with Crippen molar-refractivity contribution in [2.24, 2.45) is 23.7 Å². The normalized spacial score (nSPS) is 20.9. The van der Waals surface area contributed by atoms with Gasteiger partial charge in [0.2, 0.25) is 11.8 Å². The summed E-state index contributed by atoms with van der Waals surface area (Å²) in [5, 5.41) is 4.75. The number of nitrogens with zero attached hydrogens (tertiary/aromatic N) is 4. The lowest BCUT2D eigenvalue weighted by Gasteiger charge is -2.30. The number of H-pyrrole nitrogens is 2. The second kappa shape index (κ2) is 15.5. The fourth-order valence-corrected chi connectivity index (χ4v) is 8.88. The number of carbonyl (C=O) groups excluding carboxylic acids is 3. The number of alkyl carbamates (subject to hydrolysis) is 1. The highest BCUT2D eigenvalue weighted by Gasteiger charge is 2.42. The van der Waals surface area contributed by atoms with Gasteiger partial charge in [0, 0.05) is 37.1 Å². The van der Waals surface area contributed by atoms with E-state index in [2.05, 4.69) is 58.6 Å². The molecule has 3 aromatic carbocycles. The summed E-state index contributed by atoms with van der Waals surface area (Å²) in [5.41, 5.74) is 6.80. The second-order valence-electron chi connectivity index (χ2n) is 16.7. The molecule has 5 aromatic rings. The highest BCUT2D eigenvalue weighted by atomic mass is 16.5. The van der Waals surface area contributed by atoms with Gasteiger partial charge in [0.1, 0.15) is 30.0 Å². The number of aromatic nitrogens is 4. The molecule has 8 rings (SSSR count). The first-order valence-corrected chi connectivity index (χ1v) is 20.0. The Kier molecular flexibility index (Phi) is 10.4. The molecule has 1 radical (unpaired) electrons. The first-order chi connectivity index (χ1) is 27.4. The SMILES string of the molecule is COC[C@H]1C[C@@H](c2nc3ccc4cc5c(cc4c3[nH]2)OCc2cc(-c3cnc([C@@H]4C[C@H](C)CN4C(=O)[CH]C(C)C)[nH]3)ccc2-5)N(C(=O)[C@@H](NC(=O)OC)C(C)C)C1. The largest absolute Gasteiger partial charge is 0.488 e. The van der Waals surface area contributed by atoms with Crippen LogP contribution in [0.5, 0.6) is 5.75 Å². The molecule has 2 aromatic heterocycles. The van der Waals surface area contributed by atoms with Crippen LogP contribution in [0.1, 0.15) is 76.8 Å². The number of fused-ring (bicyclic) bond motifs is 6. The standard InChI is InChI=1S/C44H52N7O6/c1-23(2)12-38(52)50-19-25(5)13-35(50)41-45-18-34(47-41)28-8-10-30-29(15-28)22-57-37-17-31-27(16-32(30)37)9-11-33-40(31)48-42(46-33)36-14-26(21-55-6)20-51(36)43(53)39(24(3)4)49-44(54)56-7/h8-12,15-18,23-26,35-36,39H,13-14,19-22H2,1-7H3,(H,45,47)(H,46,48)(H,49,54)/t25-,26-,35-,36-,39-/m0/s1. The van der Waals surface area contributed by atoms with E-state index in [0.29, 0.717) is 37.9 Å². The lowest BCUT2D eigenvalue weighted by molar-refractivity contribution is -0.135. The average molecular weight is 775 g/mol. The minimum atomic E-state index is -0.747. The van der Waals surface area contributed by atoms with Gasteiger partial charge in [-0.1, -0.05) is 52.8 Å². The average Bonchev–Trinajstić information content (AvgIpc) is 4.01. The van der Waals surface area contributed by atoms with Crippen LogP contribution in [0.15, 0.2) is 48.7 Å². The summed E-state index contributed by atoms with van der Waals surface area (Å²) < 4.78 is 16.8. The summed E-state index contributed by atoms with van der Waals surface area (Å²) in [6.45, 7) is 12.2. The van der Waals surface area contributed by atoms with E-state index in [0.717, 1.165) is 74.3 Å². The first-order valence-electron chi connectivity index (χ1n) is 20.0. The molecule has 3 amide bonds. The van der Waals surface area contributed by atoms with Crippen molar-refractivity contribution in [2.45, 2.75) is 72.2 Å². The lowest BCUT2D eigenvalue weighted by atomic mass is 9.92. The molecule has 5 atom stereocenters. The third-order valence-corrected chi connectivity index (χ3v) is 11.6. The second-order valence-corrected chi connectivity index (χ2v) is 16.7. The Hall–Kier alpha value is -5.43. The van der Waals surface area contributed by atoms with Crippen LogP contribution in [-0.2, 0) is 25.7 Å². The minimum absolute atomic E-state index is 0.0674. The van der Waals surface area contributed by atoms with E-state index < -0.39 is 12.1 Å². The van der Waals surface area contributed by atoms with Gasteiger partial charge in [0.15, 0.2) is 0 Å². The van der Waals surface area contributed by atoms with E-state index in [4.69, 9.17) is 24.2 Å². The number of benzene rings is 3. The fraction of sp³-hybridized carbons (Fsp3) is 0.455. The zero-order valence-corrected chi connectivity index (χ0v) is 33.7. The van der Waals surface area contributed by atoms with Gasteiger partial charge in [-0.05, 0) is 76.9 Å². The zero-order valence-electron chi connectivity index (χ0n) is 33.7. The number of rotatable bonds is 10. The van der Waals surface area contributed by atoms with E-state index in [9.17, 15) is 14.4 Å². The maximum absolute atomic E-state index is 14.0. The molecule has 0 aliphatic carbocycles. The summed E-state index contributed by atoms with van der Waals surface area (Å²) in [6.07, 6.45) is 4.57. The van der Waals surface area contributed by atoms with Crippen molar-refractivity contribution < 1.29 is 28.6 Å². The Labute approximate surface area is 332 Å². The van der Waals surface area contributed by atoms with Crippen LogP contribution in [0, 0.1) is 30.1 Å². The summed E-state index contributed by atoms with van der Waals surface area (Å²) in [5.74, 6) is 2.74. The first kappa shape index (κ1) is 38.4. The summed E-state index contributed by atoms with van der Waals surface area (Å²) in [7, 11) is 2.96. The Bertz CT molecular complexity index is 2330. The molecular weight excluding hydrogens is 723 g/mol. The number of amides is 3. The maximum atomic E-state index is 14.0. The molecule has 3 aliphatic rings. The van der Waals surface area contributed by atoms with Gasteiger partial charge in [-0.25, -0.2) is 14.8 Å². The molecule has 299 valence electrons. The molecule has 0 spiro atoms. The number of methoxy groups -OCH3 is 2. The van der Waals surface area contributed by atoms with Gasteiger partial charge in [0.05, 0.1) is 55.1 Å². The molecule has 57 heavy (non-hydrogen) atoms. The monoisotopic (exact) mass is 774 g/mol. The number of hydrogen-bond donors (Lipinski definition) is 3. The molecule has 3 aliphatic heterocycles. The van der Waals surface area contributed by atoms with Gasteiger partial charge >= 0.3 is 6.09 Å². The molecule has 0 unspecified atom stereocenters. The van der Waals surface area contributed by atoms with E-state index >= 15 is 0 Å². The van der Waals surface area contributed by atoms with Crippen molar-refractivity contribution in [3.8, 4) is 28.1 Å². The van der Waals surface area contributed by atoms with Gasteiger partial charge in [-0.3, -0.25) is 9.59 Å². The molecule has 13 nitrogen and oxygen atoms in total. The van der Waals surface area contributed by atoms with Crippen LogP contribution in [-0.4, -0.2) is 87.6 Å². The van der Waals surface area contributed by atoms with E-state index in [1.807, 2.05) is 49.8 Å². The van der Waals surface area contributed by atoms with Gasteiger partial charge in [0.25, 0.3) is 0 Å². The van der Waals surface area contributed by atoms with Crippen molar-refractivity contribution in [2.75, 3.05) is 33.9 Å². The maximum Gasteiger partial charge on any atom is 0.407 e. The molecular formula is C44H52N7O6. The van der Waals surface area contributed by atoms with Crippen molar-refractivity contribution in [3.05, 3.63) is 72.3 Å². The van der Waals surface area contributed by atoms with Crippen molar-refractivity contribution >= 4 is 39.7 Å². The van der Waals surface area contributed by atoms with Crippen LogP contribution in [0.2, 0.25) is 0 Å². The van der Waals surface area contributed by atoms with Crippen LogP contribution in [0.3, 0.4) is 0 Å². The number of ether oxygens (including phenoxy) is 3. The third kappa shape index (κ3) is 7.33. The molecule has 5 heterocycles. The highest BCUT2D eigenvalue weighted by Crippen LogP contribution is 2.44. The van der Waals surface area contributed by atoms with Crippen molar-refractivity contribution in [3.63, 3.8) is 0 Å². The number of likely N-dealkylation sites (tertiary alicyclic amines) is 2. The molecule has 13 heteroatoms. The Balaban J connectivity index is 1.07. The zero-order chi connectivity index (χ0) is 40.1. The van der Waals surface area contributed by atoms with E-state index in [-0.39, 0.29) is 41.7 Å². The summed E-state index contributed by atoms with van der Waals surface area (Å²) in [4.78, 5) is 59.9. The molecule has 0 bridgehead atoms. The van der Waals surface area contributed by atoms with E-state index in [1.165, 1.54) is 7.11 Å². The predicted octanol–water partition coefficient (Wildman–Crippen LogP) is 7.35. The van der Waals surface area contributed by atoms with Crippen LogP contribution < -0.4 is 10.1 Å². The highest BCUT2D eigenvalue weighted by molar-refractivity contribution is 6.07. The summed E-state index contributed by atoms with van der Waals surface area (Å²) >= 11 is 0. The summed E-state index contributed by atoms with van der Waals surface area (Å²) in [6, 6.07) is 13.6. The Morgan fingerprint density at radius 2 is 1.77 bits per heavy atom. The topological polar surface area (TPSA) is 155 Å². The lowest BCUT2D eigenvalue weighted by Crippen LogP contribution is -2.51. The quantitative estimate of drug-likeness (QED) is 0.133. The predicted molar refractivity (Wildman–Crippen MR) is 217 cm³/mol. The number of aromatic amines is 2.